The van der Waals surface area contributed by atoms with E-state index in [1.54, 1.807) is 6.20 Å². The molecule has 0 amide bonds. The third-order valence-electron chi connectivity index (χ3n) is 4.25. The predicted molar refractivity (Wildman–Crippen MR) is 98.4 cm³/mol. The van der Waals surface area contributed by atoms with Gasteiger partial charge in [0.25, 0.3) is 0 Å². The van der Waals surface area contributed by atoms with E-state index in [0.717, 1.165) is 31.6 Å². The molecule has 28 heavy (non-hydrogen) atoms. The molecule has 2 aromatic rings. The van der Waals surface area contributed by atoms with Crippen molar-refractivity contribution < 1.29 is 18.0 Å². The van der Waals surface area contributed by atoms with E-state index in [0.29, 0.717) is 37.0 Å². The Kier molecular flexibility index (Phi) is 6.19. The van der Waals surface area contributed by atoms with Gasteiger partial charge in [-0.15, -0.1) is 0 Å². The number of allylic oxidation sites excluding steroid dienone is 1. The molecule has 1 aliphatic rings. The zero-order valence-electron chi connectivity index (χ0n) is 14.9. The van der Waals surface area contributed by atoms with Crippen LogP contribution in [0.1, 0.15) is 5.69 Å². The number of carbonyl (C=O) groups is 1. The monoisotopic (exact) mass is 392 g/mol. The SMILES string of the molecule is O=C/C=C/CN1CCN(c2nccnc2Nc2ccc(C(F)(F)F)nc2)CC1. The van der Waals surface area contributed by atoms with Crippen LogP contribution in [0.5, 0.6) is 0 Å². The van der Waals surface area contributed by atoms with Crippen LogP contribution in [-0.4, -0.2) is 58.9 Å². The molecule has 3 heterocycles. The summed E-state index contributed by atoms with van der Waals surface area (Å²) in [5.41, 5.74) is -0.551. The van der Waals surface area contributed by atoms with Crippen LogP contribution in [-0.2, 0) is 11.0 Å². The van der Waals surface area contributed by atoms with Gasteiger partial charge in [-0.05, 0) is 18.2 Å². The molecule has 0 spiro atoms. The van der Waals surface area contributed by atoms with Crippen LogP contribution in [0.4, 0.5) is 30.5 Å². The summed E-state index contributed by atoms with van der Waals surface area (Å²) in [6.45, 7) is 3.72. The molecule has 0 saturated carbocycles. The first-order chi connectivity index (χ1) is 13.5. The second-order valence-corrected chi connectivity index (χ2v) is 6.14. The quantitative estimate of drug-likeness (QED) is 0.598. The molecule has 0 aromatic carbocycles. The van der Waals surface area contributed by atoms with Gasteiger partial charge < -0.3 is 10.2 Å². The first kappa shape index (κ1) is 19.7. The maximum absolute atomic E-state index is 12.6. The maximum Gasteiger partial charge on any atom is 0.433 e. The lowest BCUT2D eigenvalue weighted by Crippen LogP contribution is -2.46. The van der Waals surface area contributed by atoms with Crippen molar-refractivity contribution in [3.63, 3.8) is 0 Å². The van der Waals surface area contributed by atoms with E-state index in [-0.39, 0.29) is 0 Å². The van der Waals surface area contributed by atoms with Crippen molar-refractivity contribution in [1.82, 2.24) is 19.9 Å². The van der Waals surface area contributed by atoms with Crippen LogP contribution in [0.25, 0.3) is 0 Å². The molecule has 0 radical (unpaired) electrons. The maximum atomic E-state index is 12.6. The minimum absolute atomic E-state index is 0.396. The Labute approximate surface area is 159 Å². The predicted octanol–water partition coefficient (Wildman–Crippen LogP) is 2.51. The molecule has 2 aromatic heterocycles. The molecule has 1 fully saturated rings. The zero-order valence-corrected chi connectivity index (χ0v) is 14.9. The third kappa shape index (κ3) is 5.03. The number of anilines is 3. The van der Waals surface area contributed by atoms with Crippen LogP contribution >= 0.6 is 0 Å². The minimum atomic E-state index is -4.48. The van der Waals surface area contributed by atoms with E-state index in [4.69, 9.17) is 0 Å². The summed E-state index contributed by atoms with van der Waals surface area (Å²) in [4.78, 5) is 26.7. The molecule has 10 heteroatoms. The second-order valence-electron chi connectivity index (χ2n) is 6.14. The highest BCUT2D eigenvalue weighted by Gasteiger charge is 2.32. The summed E-state index contributed by atoms with van der Waals surface area (Å²) < 4.78 is 37.9. The average Bonchev–Trinajstić information content (AvgIpc) is 2.69. The lowest BCUT2D eigenvalue weighted by Gasteiger charge is -2.35. The first-order valence-electron chi connectivity index (χ1n) is 8.66. The van der Waals surface area contributed by atoms with Crippen LogP contribution in [0.3, 0.4) is 0 Å². The van der Waals surface area contributed by atoms with E-state index in [1.165, 1.54) is 18.3 Å². The summed E-state index contributed by atoms with van der Waals surface area (Å²) in [6, 6.07) is 2.23. The van der Waals surface area contributed by atoms with E-state index < -0.39 is 11.9 Å². The smallest absolute Gasteiger partial charge is 0.351 e. The van der Waals surface area contributed by atoms with Crippen LogP contribution in [0, 0.1) is 0 Å². The number of aldehydes is 1. The number of pyridine rings is 1. The summed E-state index contributed by atoms with van der Waals surface area (Å²) in [5, 5.41) is 2.99. The second kappa shape index (κ2) is 8.79. The molecule has 3 rings (SSSR count). The van der Waals surface area contributed by atoms with Crippen molar-refractivity contribution in [1.29, 1.82) is 0 Å². The van der Waals surface area contributed by atoms with Gasteiger partial charge in [-0.25, -0.2) is 15.0 Å². The highest BCUT2D eigenvalue weighted by Crippen LogP contribution is 2.29. The molecule has 1 aliphatic heterocycles. The van der Waals surface area contributed by atoms with Crippen molar-refractivity contribution in [2.24, 2.45) is 0 Å². The largest absolute Gasteiger partial charge is 0.433 e. The third-order valence-corrected chi connectivity index (χ3v) is 4.25. The fourth-order valence-electron chi connectivity index (χ4n) is 2.83. The fourth-order valence-corrected chi connectivity index (χ4v) is 2.83. The van der Waals surface area contributed by atoms with E-state index in [9.17, 15) is 18.0 Å². The molecule has 0 atom stereocenters. The minimum Gasteiger partial charge on any atom is -0.351 e. The zero-order chi connectivity index (χ0) is 20.0. The molecule has 0 bridgehead atoms. The van der Waals surface area contributed by atoms with Crippen LogP contribution in [0.15, 0.2) is 42.9 Å². The number of hydrogen-bond acceptors (Lipinski definition) is 7. The Morgan fingerprint density at radius 1 is 1.07 bits per heavy atom. The molecule has 1 N–H and O–H groups in total. The van der Waals surface area contributed by atoms with Gasteiger partial charge in [0, 0.05) is 45.1 Å². The number of nitrogens with zero attached hydrogens (tertiary/aromatic N) is 5. The van der Waals surface area contributed by atoms with Gasteiger partial charge in [0.15, 0.2) is 11.6 Å². The van der Waals surface area contributed by atoms with Crippen LogP contribution in [0.2, 0.25) is 0 Å². The Bertz CT molecular complexity index is 817. The van der Waals surface area contributed by atoms with Crippen molar-refractivity contribution in [2.75, 3.05) is 42.9 Å². The standard InChI is InChI=1S/C18H19F3N6O/c19-18(20,21)15-4-3-14(13-24-15)25-16-17(23-6-5-22-16)27-10-8-26(9-11-27)7-1-2-12-28/h1-6,12-13H,7-11H2,(H,22,25)/b2-1+. The number of rotatable bonds is 6. The topological polar surface area (TPSA) is 74.2 Å². The Hall–Kier alpha value is -3.01. The van der Waals surface area contributed by atoms with E-state index >= 15 is 0 Å². The van der Waals surface area contributed by atoms with Gasteiger partial charge in [0.1, 0.15) is 12.0 Å². The van der Waals surface area contributed by atoms with Crippen molar-refractivity contribution in [3.8, 4) is 0 Å². The van der Waals surface area contributed by atoms with E-state index in [2.05, 4.69) is 30.1 Å². The fraction of sp³-hybridized carbons (Fsp3) is 0.333. The number of piperazine rings is 1. The van der Waals surface area contributed by atoms with Gasteiger partial charge in [0.05, 0.1) is 11.9 Å². The Morgan fingerprint density at radius 3 is 2.46 bits per heavy atom. The van der Waals surface area contributed by atoms with Crippen molar-refractivity contribution >= 4 is 23.6 Å². The molecule has 7 nitrogen and oxygen atoms in total. The van der Waals surface area contributed by atoms with Gasteiger partial charge in [-0.3, -0.25) is 9.69 Å². The number of aromatic nitrogens is 3. The molecular formula is C18H19F3N6O. The van der Waals surface area contributed by atoms with Gasteiger partial charge >= 0.3 is 6.18 Å². The summed E-state index contributed by atoms with van der Waals surface area (Å²) in [5.74, 6) is 1.09. The number of nitrogens with one attached hydrogen (secondary N) is 1. The highest BCUT2D eigenvalue weighted by atomic mass is 19.4. The summed E-state index contributed by atoms with van der Waals surface area (Å²) in [6.07, 6.45) is 3.79. The van der Waals surface area contributed by atoms with Crippen molar-refractivity contribution in [2.45, 2.75) is 6.18 Å². The van der Waals surface area contributed by atoms with Gasteiger partial charge in [-0.1, -0.05) is 6.08 Å². The molecule has 1 saturated heterocycles. The summed E-state index contributed by atoms with van der Waals surface area (Å²) >= 11 is 0. The number of carbonyl (C=O) groups excluding carboxylic acids is 1. The molecule has 148 valence electrons. The van der Waals surface area contributed by atoms with Crippen LogP contribution < -0.4 is 10.2 Å². The number of halogens is 3. The molecule has 0 aliphatic carbocycles. The average molecular weight is 392 g/mol. The molecule has 0 unspecified atom stereocenters. The number of hydrogen-bond donors (Lipinski definition) is 1. The highest BCUT2D eigenvalue weighted by molar-refractivity contribution is 5.68. The van der Waals surface area contributed by atoms with Crippen molar-refractivity contribution in [3.05, 3.63) is 48.6 Å². The number of alkyl halides is 3. The van der Waals surface area contributed by atoms with E-state index in [1.807, 2.05) is 6.08 Å². The van der Waals surface area contributed by atoms with Gasteiger partial charge in [0.2, 0.25) is 0 Å². The lowest BCUT2D eigenvalue weighted by atomic mass is 10.3. The van der Waals surface area contributed by atoms with Gasteiger partial charge in [-0.2, -0.15) is 13.2 Å². The first-order valence-corrected chi connectivity index (χ1v) is 8.66. The Balaban J connectivity index is 1.67. The Morgan fingerprint density at radius 2 is 1.82 bits per heavy atom. The normalized spacial score (nSPS) is 15.8. The molecular weight excluding hydrogens is 373 g/mol. The summed E-state index contributed by atoms with van der Waals surface area (Å²) in [7, 11) is 0. The lowest BCUT2D eigenvalue weighted by molar-refractivity contribution is -0.141.